The molecule has 1 amide bonds. The summed E-state index contributed by atoms with van der Waals surface area (Å²) in [6.45, 7) is 4.54. The van der Waals surface area contributed by atoms with Crippen molar-refractivity contribution in [2.24, 2.45) is 0 Å². The Morgan fingerprint density at radius 2 is 2.21 bits per heavy atom. The van der Waals surface area contributed by atoms with Gasteiger partial charge in [0.15, 0.2) is 0 Å². The maximum Gasteiger partial charge on any atom is 0.219 e. The number of hydrogen-bond acceptors (Lipinski definition) is 1. The van der Waals surface area contributed by atoms with Gasteiger partial charge in [-0.1, -0.05) is 6.92 Å². The lowest BCUT2D eigenvalue weighted by atomic mass is 10.1. The van der Waals surface area contributed by atoms with Crippen LogP contribution in [0.25, 0.3) is 10.9 Å². The van der Waals surface area contributed by atoms with E-state index in [2.05, 4.69) is 10.3 Å². The second kappa shape index (κ2) is 5.87. The number of benzene rings is 1. The van der Waals surface area contributed by atoms with Gasteiger partial charge < -0.3 is 10.3 Å². The van der Waals surface area contributed by atoms with Gasteiger partial charge in [0.1, 0.15) is 5.82 Å². The van der Waals surface area contributed by atoms with Crippen LogP contribution in [-0.4, -0.2) is 17.4 Å². The molecule has 102 valence electrons. The van der Waals surface area contributed by atoms with E-state index < -0.39 is 0 Å². The number of nitrogens with one attached hydrogen (secondary N) is 2. The summed E-state index contributed by atoms with van der Waals surface area (Å²) in [5.41, 5.74) is 3.05. The number of halogens is 1. The van der Waals surface area contributed by atoms with Crippen LogP contribution in [0.5, 0.6) is 0 Å². The smallest absolute Gasteiger partial charge is 0.219 e. The molecule has 0 spiro atoms. The van der Waals surface area contributed by atoms with Crippen molar-refractivity contribution in [3.8, 4) is 0 Å². The molecule has 1 heterocycles. The summed E-state index contributed by atoms with van der Waals surface area (Å²) < 4.78 is 13.3. The fraction of sp³-hybridized carbons (Fsp3) is 0.400. The Morgan fingerprint density at radius 1 is 1.42 bits per heavy atom. The molecule has 0 aliphatic carbocycles. The average Bonchev–Trinajstić information content (AvgIpc) is 2.66. The minimum atomic E-state index is -0.234. The number of carbonyl (C=O) groups is 1. The zero-order valence-corrected chi connectivity index (χ0v) is 11.3. The van der Waals surface area contributed by atoms with E-state index in [1.54, 1.807) is 12.1 Å². The van der Waals surface area contributed by atoms with Crippen molar-refractivity contribution in [3.63, 3.8) is 0 Å². The summed E-state index contributed by atoms with van der Waals surface area (Å²) in [6, 6.07) is 4.74. The lowest BCUT2D eigenvalue weighted by Crippen LogP contribution is -2.25. The molecule has 2 N–H and O–H groups in total. The molecule has 0 unspecified atom stereocenters. The van der Waals surface area contributed by atoms with Gasteiger partial charge in [-0.3, -0.25) is 4.79 Å². The highest BCUT2D eigenvalue weighted by atomic mass is 19.1. The molecule has 3 nitrogen and oxygen atoms in total. The summed E-state index contributed by atoms with van der Waals surface area (Å²) in [5.74, 6) is -0.158. The monoisotopic (exact) mass is 262 g/mol. The van der Waals surface area contributed by atoms with Crippen LogP contribution >= 0.6 is 0 Å². The minimum absolute atomic E-state index is 0.0752. The van der Waals surface area contributed by atoms with Crippen LogP contribution in [0.2, 0.25) is 0 Å². The van der Waals surface area contributed by atoms with Gasteiger partial charge in [0, 0.05) is 29.6 Å². The van der Waals surface area contributed by atoms with Crippen LogP contribution in [0, 0.1) is 12.7 Å². The zero-order chi connectivity index (χ0) is 13.8. The van der Waals surface area contributed by atoms with Gasteiger partial charge in [0.05, 0.1) is 0 Å². The van der Waals surface area contributed by atoms with Crippen LogP contribution in [0.1, 0.15) is 31.0 Å². The van der Waals surface area contributed by atoms with E-state index in [0.717, 1.165) is 28.6 Å². The van der Waals surface area contributed by atoms with Crippen molar-refractivity contribution in [3.05, 3.63) is 35.3 Å². The van der Waals surface area contributed by atoms with Gasteiger partial charge >= 0.3 is 0 Å². The van der Waals surface area contributed by atoms with Gasteiger partial charge in [0.25, 0.3) is 0 Å². The highest BCUT2D eigenvalue weighted by Gasteiger charge is 2.09. The topological polar surface area (TPSA) is 44.9 Å². The Hall–Kier alpha value is -1.84. The summed E-state index contributed by atoms with van der Waals surface area (Å²) in [4.78, 5) is 14.6. The Morgan fingerprint density at radius 3 is 2.95 bits per heavy atom. The molecule has 2 aromatic rings. The second-order valence-corrected chi connectivity index (χ2v) is 4.77. The van der Waals surface area contributed by atoms with Crippen molar-refractivity contribution in [1.29, 1.82) is 0 Å². The quantitative estimate of drug-likeness (QED) is 0.854. The van der Waals surface area contributed by atoms with Crippen molar-refractivity contribution in [2.45, 2.75) is 33.1 Å². The fourth-order valence-electron chi connectivity index (χ4n) is 2.32. The summed E-state index contributed by atoms with van der Waals surface area (Å²) >= 11 is 0. The van der Waals surface area contributed by atoms with Crippen LogP contribution in [0.15, 0.2) is 18.2 Å². The Bertz CT molecular complexity index is 589. The number of rotatable bonds is 5. The van der Waals surface area contributed by atoms with Gasteiger partial charge in [-0.25, -0.2) is 4.39 Å². The van der Waals surface area contributed by atoms with Crippen LogP contribution in [0.3, 0.4) is 0 Å². The van der Waals surface area contributed by atoms with Gasteiger partial charge in [0.2, 0.25) is 5.91 Å². The van der Waals surface area contributed by atoms with Crippen LogP contribution in [0.4, 0.5) is 4.39 Å². The molecule has 0 aliphatic heterocycles. The van der Waals surface area contributed by atoms with Crippen LogP contribution in [-0.2, 0) is 11.2 Å². The summed E-state index contributed by atoms with van der Waals surface area (Å²) in [5, 5.41) is 3.79. The first kappa shape index (κ1) is 13.6. The minimum Gasteiger partial charge on any atom is -0.358 e. The van der Waals surface area contributed by atoms with Gasteiger partial charge in [-0.15, -0.1) is 0 Å². The normalized spacial score (nSPS) is 10.9. The molecule has 0 atom stereocenters. The largest absolute Gasteiger partial charge is 0.358 e. The maximum absolute atomic E-state index is 13.3. The first-order chi connectivity index (χ1) is 9.11. The molecule has 2 rings (SSSR count). The number of carbonyl (C=O) groups excluding carboxylic acids is 1. The number of hydrogen-bond donors (Lipinski definition) is 2. The number of aromatic nitrogens is 1. The molecule has 4 heteroatoms. The van der Waals surface area contributed by atoms with Crippen molar-refractivity contribution in [2.75, 3.05) is 6.54 Å². The maximum atomic E-state index is 13.3. The Labute approximate surface area is 112 Å². The van der Waals surface area contributed by atoms with Crippen molar-refractivity contribution < 1.29 is 9.18 Å². The molecular weight excluding hydrogens is 243 g/mol. The first-order valence-corrected chi connectivity index (χ1v) is 6.65. The number of amides is 1. The third kappa shape index (κ3) is 3.13. The van der Waals surface area contributed by atoms with Crippen molar-refractivity contribution >= 4 is 16.8 Å². The highest BCUT2D eigenvalue weighted by molar-refractivity contribution is 5.84. The molecule has 0 radical (unpaired) electrons. The fourth-order valence-corrected chi connectivity index (χ4v) is 2.32. The molecule has 0 fully saturated rings. The third-order valence-corrected chi connectivity index (χ3v) is 3.26. The third-order valence-electron chi connectivity index (χ3n) is 3.26. The molecular formula is C15H19FN2O. The Balaban J connectivity index is 2.09. The van der Waals surface area contributed by atoms with E-state index in [1.807, 2.05) is 13.8 Å². The van der Waals surface area contributed by atoms with Crippen molar-refractivity contribution in [1.82, 2.24) is 10.3 Å². The van der Waals surface area contributed by atoms with E-state index in [9.17, 15) is 9.18 Å². The van der Waals surface area contributed by atoms with E-state index in [-0.39, 0.29) is 11.7 Å². The molecule has 19 heavy (non-hydrogen) atoms. The number of aromatic amines is 1. The predicted molar refractivity (Wildman–Crippen MR) is 74.6 cm³/mol. The average molecular weight is 262 g/mol. The standard InChI is InChI=1S/C15H19FN2O/c1-3-4-15(19)17-8-7-12-10(2)18-14-6-5-11(16)9-13(12)14/h5-6,9,18H,3-4,7-8H2,1-2H3,(H,17,19). The van der Waals surface area contributed by atoms with E-state index in [4.69, 9.17) is 0 Å². The van der Waals surface area contributed by atoms with Crippen LogP contribution < -0.4 is 5.32 Å². The number of aryl methyl sites for hydroxylation is 1. The molecule has 1 aromatic carbocycles. The zero-order valence-electron chi connectivity index (χ0n) is 11.3. The van der Waals surface area contributed by atoms with E-state index in [1.165, 1.54) is 6.07 Å². The second-order valence-electron chi connectivity index (χ2n) is 4.77. The Kier molecular flexibility index (Phi) is 4.20. The lowest BCUT2D eigenvalue weighted by Gasteiger charge is -2.05. The van der Waals surface area contributed by atoms with Gasteiger partial charge in [-0.05, 0) is 43.5 Å². The highest BCUT2D eigenvalue weighted by Crippen LogP contribution is 2.23. The molecule has 0 saturated carbocycles. The first-order valence-electron chi connectivity index (χ1n) is 6.65. The number of H-pyrrole nitrogens is 1. The summed E-state index contributed by atoms with van der Waals surface area (Å²) in [6.07, 6.45) is 2.12. The van der Waals surface area contributed by atoms with E-state index in [0.29, 0.717) is 19.4 Å². The molecule has 0 saturated heterocycles. The predicted octanol–water partition coefficient (Wildman–Crippen LogP) is 3.07. The number of fused-ring (bicyclic) bond motifs is 1. The molecule has 1 aromatic heterocycles. The SMILES string of the molecule is CCCC(=O)NCCc1c(C)[nH]c2ccc(F)cc12. The molecule has 0 bridgehead atoms. The lowest BCUT2D eigenvalue weighted by molar-refractivity contribution is -0.121. The van der Waals surface area contributed by atoms with Gasteiger partial charge in [-0.2, -0.15) is 0 Å². The van der Waals surface area contributed by atoms with E-state index >= 15 is 0 Å². The molecule has 0 aliphatic rings. The summed E-state index contributed by atoms with van der Waals surface area (Å²) in [7, 11) is 0.